The molecule has 0 unspecified atom stereocenters. The number of imidazole rings is 1. The number of aromatic nitrogens is 3. The van der Waals surface area contributed by atoms with Crippen molar-refractivity contribution in [1.82, 2.24) is 15.0 Å². The summed E-state index contributed by atoms with van der Waals surface area (Å²) in [4.78, 5) is 11.4. The summed E-state index contributed by atoms with van der Waals surface area (Å²) in [6, 6.07) is 5.48. The summed E-state index contributed by atoms with van der Waals surface area (Å²) in [5, 5.41) is 0. The number of nitrogens with two attached hydrogens (primary N) is 1. The van der Waals surface area contributed by atoms with Crippen molar-refractivity contribution in [3.63, 3.8) is 0 Å². The van der Waals surface area contributed by atoms with Gasteiger partial charge in [0.25, 0.3) is 0 Å². The molecule has 0 fully saturated rings. The van der Waals surface area contributed by atoms with E-state index in [1.165, 1.54) is 0 Å². The number of hydrogen-bond acceptors (Lipinski definition) is 3. The minimum Gasteiger partial charge on any atom is -0.384 e. The van der Waals surface area contributed by atoms with E-state index in [1.807, 2.05) is 32.9 Å². The van der Waals surface area contributed by atoms with Gasteiger partial charge in [0.05, 0.1) is 0 Å². The van der Waals surface area contributed by atoms with Crippen molar-refractivity contribution in [2.24, 2.45) is 0 Å². The molecule has 0 saturated carbocycles. The molecule has 0 atom stereocenters. The fourth-order valence-electron chi connectivity index (χ4n) is 1.13. The number of H-pyrrole nitrogens is 1. The molecule has 2 aromatic rings. The number of aryl methyl sites for hydroxylation is 1. The van der Waals surface area contributed by atoms with Gasteiger partial charge in [-0.1, -0.05) is 19.9 Å². The lowest BCUT2D eigenvalue weighted by Crippen LogP contribution is -1.92. The van der Waals surface area contributed by atoms with Crippen LogP contribution in [0.15, 0.2) is 24.4 Å². The van der Waals surface area contributed by atoms with Crippen LogP contribution in [0.5, 0.6) is 0 Å². The fraction of sp³-hybridized carbons (Fsp3) is 0.273. The van der Waals surface area contributed by atoms with Gasteiger partial charge in [0, 0.05) is 11.9 Å². The predicted octanol–water partition coefficient (Wildman–Crippen LogP) is 2.39. The molecule has 2 heterocycles. The number of nitrogens with one attached hydrogen (secondary N) is 1. The summed E-state index contributed by atoms with van der Waals surface area (Å²) in [5.41, 5.74) is 7.33. The number of rotatable bonds is 1. The van der Waals surface area contributed by atoms with E-state index in [0.29, 0.717) is 5.82 Å². The standard InChI is InChI=1S/C9H10N4.C2H6/c1-6-5-11-9(12-6)7-3-2-4-8(10)13-7;1-2/h2-5H,1H3,(H2,10,13)(H,11,12);1-2H3. The number of nitrogen functional groups attached to an aromatic ring is 1. The fourth-order valence-corrected chi connectivity index (χ4v) is 1.13. The number of nitrogens with zero attached hydrogens (tertiary/aromatic N) is 2. The highest BCUT2D eigenvalue weighted by atomic mass is 15.0. The molecule has 0 amide bonds. The van der Waals surface area contributed by atoms with Crippen LogP contribution in [0.4, 0.5) is 5.82 Å². The Balaban J connectivity index is 0.000000531. The molecule has 3 N–H and O–H groups in total. The van der Waals surface area contributed by atoms with E-state index >= 15 is 0 Å². The Kier molecular flexibility index (Phi) is 3.85. The van der Waals surface area contributed by atoms with Gasteiger partial charge in [-0.3, -0.25) is 0 Å². The van der Waals surface area contributed by atoms with Crippen molar-refractivity contribution >= 4 is 5.82 Å². The van der Waals surface area contributed by atoms with Crippen LogP contribution >= 0.6 is 0 Å². The summed E-state index contributed by atoms with van der Waals surface area (Å²) < 4.78 is 0. The molecule has 15 heavy (non-hydrogen) atoms. The highest BCUT2D eigenvalue weighted by Crippen LogP contribution is 2.13. The van der Waals surface area contributed by atoms with Crippen LogP contribution in [-0.2, 0) is 0 Å². The van der Waals surface area contributed by atoms with E-state index < -0.39 is 0 Å². The van der Waals surface area contributed by atoms with Gasteiger partial charge in [0.2, 0.25) is 0 Å². The third-order valence-corrected chi connectivity index (χ3v) is 1.72. The minimum atomic E-state index is 0.506. The lowest BCUT2D eigenvalue weighted by atomic mass is 10.3. The van der Waals surface area contributed by atoms with Crippen molar-refractivity contribution in [2.45, 2.75) is 20.8 Å². The second kappa shape index (κ2) is 5.14. The quantitative estimate of drug-likeness (QED) is 0.749. The molecule has 0 bridgehead atoms. The maximum absolute atomic E-state index is 5.55. The average Bonchev–Trinajstić information content (AvgIpc) is 2.68. The Bertz CT molecular complexity index is 420. The van der Waals surface area contributed by atoms with Crippen molar-refractivity contribution in [2.75, 3.05) is 5.73 Å². The van der Waals surface area contributed by atoms with Crippen LogP contribution in [0.25, 0.3) is 11.5 Å². The Morgan fingerprint density at radius 2 is 2.00 bits per heavy atom. The van der Waals surface area contributed by atoms with Gasteiger partial charge in [-0.15, -0.1) is 0 Å². The number of hydrogen-bond donors (Lipinski definition) is 2. The molecule has 0 aromatic carbocycles. The largest absolute Gasteiger partial charge is 0.384 e. The maximum Gasteiger partial charge on any atom is 0.156 e. The van der Waals surface area contributed by atoms with Crippen LogP contribution in [0.1, 0.15) is 19.5 Å². The van der Waals surface area contributed by atoms with Crippen LogP contribution < -0.4 is 5.73 Å². The van der Waals surface area contributed by atoms with Crippen LogP contribution in [-0.4, -0.2) is 15.0 Å². The van der Waals surface area contributed by atoms with Crippen molar-refractivity contribution in [3.05, 3.63) is 30.1 Å². The topological polar surface area (TPSA) is 67.6 Å². The average molecular weight is 204 g/mol. The molecule has 2 rings (SSSR count). The number of aromatic amines is 1. The second-order valence-corrected chi connectivity index (χ2v) is 2.86. The van der Waals surface area contributed by atoms with E-state index in [0.717, 1.165) is 17.2 Å². The molecule has 2 aromatic heterocycles. The van der Waals surface area contributed by atoms with Gasteiger partial charge in [-0.25, -0.2) is 9.97 Å². The lowest BCUT2D eigenvalue weighted by molar-refractivity contribution is 1.21. The minimum absolute atomic E-state index is 0.506. The predicted molar refractivity (Wildman–Crippen MR) is 62.3 cm³/mol. The first kappa shape index (κ1) is 11.2. The molecular weight excluding hydrogens is 188 g/mol. The third-order valence-electron chi connectivity index (χ3n) is 1.72. The van der Waals surface area contributed by atoms with Gasteiger partial charge < -0.3 is 10.7 Å². The molecule has 0 saturated heterocycles. The SMILES string of the molecule is CC.Cc1cnc(-c2cccc(N)n2)[nH]1. The van der Waals surface area contributed by atoms with Crippen molar-refractivity contribution < 1.29 is 0 Å². The van der Waals surface area contributed by atoms with Crippen LogP contribution in [0.2, 0.25) is 0 Å². The molecule has 0 aliphatic carbocycles. The molecule has 4 heteroatoms. The first-order valence-electron chi connectivity index (χ1n) is 5.00. The highest BCUT2D eigenvalue weighted by molar-refractivity contribution is 5.52. The lowest BCUT2D eigenvalue weighted by Gasteiger charge is -1.96. The monoisotopic (exact) mass is 204 g/mol. The summed E-state index contributed by atoms with van der Waals surface area (Å²) in [6.07, 6.45) is 1.76. The number of pyridine rings is 1. The van der Waals surface area contributed by atoms with Gasteiger partial charge in [0.1, 0.15) is 11.5 Å². The zero-order valence-electron chi connectivity index (χ0n) is 9.28. The maximum atomic E-state index is 5.55. The van der Waals surface area contributed by atoms with Crippen LogP contribution in [0.3, 0.4) is 0 Å². The summed E-state index contributed by atoms with van der Waals surface area (Å²) >= 11 is 0. The first-order valence-corrected chi connectivity index (χ1v) is 5.00. The van der Waals surface area contributed by atoms with E-state index in [-0.39, 0.29) is 0 Å². The molecule has 0 aliphatic rings. The Labute approximate surface area is 89.6 Å². The van der Waals surface area contributed by atoms with Gasteiger partial charge in [0.15, 0.2) is 5.82 Å². The van der Waals surface area contributed by atoms with E-state index in [1.54, 1.807) is 12.3 Å². The second-order valence-electron chi connectivity index (χ2n) is 2.86. The van der Waals surface area contributed by atoms with Crippen LogP contribution in [0, 0.1) is 6.92 Å². The van der Waals surface area contributed by atoms with Gasteiger partial charge in [-0.05, 0) is 19.1 Å². The highest BCUT2D eigenvalue weighted by Gasteiger charge is 2.02. The number of anilines is 1. The molecule has 4 nitrogen and oxygen atoms in total. The van der Waals surface area contributed by atoms with Crippen molar-refractivity contribution in [1.29, 1.82) is 0 Å². The smallest absolute Gasteiger partial charge is 0.156 e. The van der Waals surface area contributed by atoms with Gasteiger partial charge in [-0.2, -0.15) is 0 Å². The van der Waals surface area contributed by atoms with E-state index in [9.17, 15) is 0 Å². The molecule has 0 radical (unpaired) electrons. The zero-order valence-corrected chi connectivity index (χ0v) is 9.28. The molecule has 0 spiro atoms. The third kappa shape index (κ3) is 2.80. The summed E-state index contributed by atoms with van der Waals surface area (Å²) in [6.45, 7) is 5.95. The first-order chi connectivity index (χ1) is 7.25. The van der Waals surface area contributed by atoms with Gasteiger partial charge >= 0.3 is 0 Å². The van der Waals surface area contributed by atoms with E-state index in [2.05, 4.69) is 15.0 Å². The Morgan fingerprint density at radius 1 is 1.27 bits per heavy atom. The molecule has 0 aliphatic heterocycles. The Hall–Kier alpha value is -1.84. The Morgan fingerprint density at radius 3 is 2.53 bits per heavy atom. The summed E-state index contributed by atoms with van der Waals surface area (Å²) in [5.74, 6) is 1.26. The summed E-state index contributed by atoms with van der Waals surface area (Å²) in [7, 11) is 0. The van der Waals surface area contributed by atoms with E-state index in [4.69, 9.17) is 5.73 Å². The van der Waals surface area contributed by atoms with Crippen molar-refractivity contribution in [3.8, 4) is 11.5 Å². The molecule has 80 valence electrons. The zero-order chi connectivity index (χ0) is 11.3. The molecular formula is C11H16N4. The normalized spacial score (nSPS) is 9.27.